The number of likely N-dealkylation sites (tertiary alicyclic amines) is 1. The SMILES string of the molecule is CC1COCCC1N[C@@H]1CC[C@@](C(=O)N2CCC(O)(c3cccc(C(F)(F)F)c3)CC2)(C(C)C)C1. The number of hydrogen-bond acceptors (Lipinski definition) is 4. The maximum absolute atomic E-state index is 13.8. The van der Waals surface area contributed by atoms with Crippen LogP contribution in [0.15, 0.2) is 24.3 Å². The zero-order chi connectivity index (χ0) is 25.4. The summed E-state index contributed by atoms with van der Waals surface area (Å²) in [6.07, 6.45) is -0.432. The fourth-order valence-corrected chi connectivity index (χ4v) is 6.28. The molecule has 0 aromatic heterocycles. The molecule has 2 saturated heterocycles. The van der Waals surface area contributed by atoms with Gasteiger partial charge in [0.2, 0.25) is 5.91 Å². The van der Waals surface area contributed by atoms with Crippen molar-refractivity contribution in [3.63, 3.8) is 0 Å². The quantitative estimate of drug-likeness (QED) is 0.619. The van der Waals surface area contributed by atoms with E-state index in [2.05, 4.69) is 26.1 Å². The number of benzene rings is 1. The van der Waals surface area contributed by atoms with Gasteiger partial charge in [0, 0.05) is 31.8 Å². The smallest absolute Gasteiger partial charge is 0.385 e. The summed E-state index contributed by atoms with van der Waals surface area (Å²) in [5.41, 5.74) is -2.29. The lowest BCUT2D eigenvalue weighted by molar-refractivity contribution is -0.149. The molecule has 1 saturated carbocycles. The summed E-state index contributed by atoms with van der Waals surface area (Å²) in [5.74, 6) is 0.755. The molecule has 0 bridgehead atoms. The number of alkyl halides is 3. The normalized spacial score (nSPS) is 31.7. The molecule has 2 N–H and O–H groups in total. The van der Waals surface area contributed by atoms with Crippen molar-refractivity contribution in [2.24, 2.45) is 17.3 Å². The van der Waals surface area contributed by atoms with Crippen molar-refractivity contribution in [3.05, 3.63) is 35.4 Å². The van der Waals surface area contributed by atoms with E-state index in [0.29, 0.717) is 31.1 Å². The molecule has 4 rings (SSSR count). The predicted octanol–water partition coefficient (Wildman–Crippen LogP) is 4.72. The van der Waals surface area contributed by atoms with Gasteiger partial charge in [0.05, 0.1) is 23.2 Å². The largest absolute Gasteiger partial charge is 0.416 e. The van der Waals surface area contributed by atoms with E-state index in [1.54, 1.807) is 6.07 Å². The molecule has 8 heteroatoms. The Morgan fingerprint density at radius 3 is 2.54 bits per heavy atom. The number of carbonyl (C=O) groups is 1. The number of rotatable bonds is 5. The van der Waals surface area contributed by atoms with Gasteiger partial charge < -0.3 is 20.1 Å². The van der Waals surface area contributed by atoms with Gasteiger partial charge in [0.25, 0.3) is 0 Å². The van der Waals surface area contributed by atoms with Gasteiger partial charge in [0.15, 0.2) is 0 Å². The fourth-order valence-electron chi connectivity index (χ4n) is 6.28. The highest BCUT2D eigenvalue weighted by molar-refractivity contribution is 5.83. The second-order valence-electron chi connectivity index (χ2n) is 11.3. The molecule has 35 heavy (non-hydrogen) atoms. The maximum atomic E-state index is 13.8. The summed E-state index contributed by atoms with van der Waals surface area (Å²) < 4.78 is 45.1. The van der Waals surface area contributed by atoms with Gasteiger partial charge in [-0.25, -0.2) is 0 Å². The highest BCUT2D eigenvalue weighted by Gasteiger charge is 2.51. The lowest BCUT2D eigenvalue weighted by Crippen LogP contribution is -2.52. The molecule has 2 heterocycles. The Morgan fingerprint density at radius 1 is 1.20 bits per heavy atom. The summed E-state index contributed by atoms with van der Waals surface area (Å²) in [4.78, 5) is 15.7. The van der Waals surface area contributed by atoms with E-state index in [1.807, 2.05) is 4.90 Å². The van der Waals surface area contributed by atoms with Crippen molar-refractivity contribution in [2.45, 2.75) is 83.2 Å². The molecular formula is C27H39F3N2O3. The molecule has 1 amide bonds. The molecule has 5 nitrogen and oxygen atoms in total. The van der Waals surface area contributed by atoms with Crippen LogP contribution in [-0.2, 0) is 21.3 Å². The molecule has 2 unspecified atom stereocenters. The third kappa shape index (κ3) is 5.39. The second-order valence-corrected chi connectivity index (χ2v) is 11.3. The van der Waals surface area contributed by atoms with Crippen LogP contribution in [0.25, 0.3) is 0 Å². The van der Waals surface area contributed by atoms with Gasteiger partial charge in [-0.15, -0.1) is 0 Å². The third-order valence-corrected chi connectivity index (χ3v) is 8.78. The summed E-state index contributed by atoms with van der Waals surface area (Å²) in [6, 6.07) is 5.64. The number of nitrogens with zero attached hydrogens (tertiary/aromatic N) is 1. The van der Waals surface area contributed by atoms with Crippen molar-refractivity contribution in [3.8, 4) is 0 Å². The van der Waals surface area contributed by atoms with Gasteiger partial charge >= 0.3 is 6.18 Å². The van der Waals surface area contributed by atoms with Gasteiger partial charge in [-0.1, -0.05) is 32.9 Å². The molecule has 1 aromatic carbocycles. The predicted molar refractivity (Wildman–Crippen MR) is 128 cm³/mol. The van der Waals surface area contributed by atoms with Crippen LogP contribution in [0, 0.1) is 17.3 Å². The van der Waals surface area contributed by atoms with Crippen molar-refractivity contribution in [1.29, 1.82) is 0 Å². The van der Waals surface area contributed by atoms with Crippen LogP contribution in [0.1, 0.15) is 70.4 Å². The van der Waals surface area contributed by atoms with Gasteiger partial charge in [0.1, 0.15) is 0 Å². The molecule has 2 aliphatic heterocycles. The number of carbonyl (C=O) groups excluding carboxylic acids is 1. The van der Waals surface area contributed by atoms with Crippen LogP contribution in [0.2, 0.25) is 0 Å². The number of halogens is 3. The number of piperidine rings is 1. The van der Waals surface area contributed by atoms with E-state index in [9.17, 15) is 23.1 Å². The number of hydrogen-bond donors (Lipinski definition) is 2. The Labute approximate surface area is 206 Å². The van der Waals surface area contributed by atoms with Crippen molar-refractivity contribution >= 4 is 5.91 Å². The zero-order valence-electron chi connectivity index (χ0n) is 21.0. The summed E-state index contributed by atoms with van der Waals surface area (Å²) in [7, 11) is 0. The number of ether oxygens (including phenoxy) is 1. The number of amides is 1. The number of aliphatic hydroxyl groups is 1. The van der Waals surface area contributed by atoms with E-state index >= 15 is 0 Å². The van der Waals surface area contributed by atoms with Crippen LogP contribution in [-0.4, -0.2) is 54.3 Å². The fraction of sp³-hybridized carbons (Fsp3) is 0.741. The first-order valence-corrected chi connectivity index (χ1v) is 13.0. The Kier molecular flexibility index (Phi) is 7.56. The second kappa shape index (κ2) is 10.0. The Hall–Kier alpha value is -1.64. The van der Waals surface area contributed by atoms with Crippen LogP contribution in [0.3, 0.4) is 0 Å². The first kappa shape index (κ1) is 26.4. The monoisotopic (exact) mass is 496 g/mol. The maximum Gasteiger partial charge on any atom is 0.416 e. The van der Waals surface area contributed by atoms with Crippen molar-refractivity contribution in [2.75, 3.05) is 26.3 Å². The molecule has 3 fully saturated rings. The molecule has 0 radical (unpaired) electrons. The minimum Gasteiger partial charge on any atom is -0.385 e. The zero-order valence-corrected chi connectivity index (χ0v) is 21.0. The lowest BCUT2D eigenvalue weighted by Gasteiger charge is -2.43. The van der Waals surface area contributed by atoms with E-state index < -0.39 is 22.8 Å². The van der Waals surface area contributed by atoms with E-state index in [4.69, 9.17) is 4.74 Å². The molecule has 4 atom stereocenters. The minimum atomic E-state index is -4.46. The standard InChI is InChI=1S/C27H39F3N2O3/c1-18(2)25(9-7-22(16-25)31-23-8-14-35-17-19(23)3)24(33)32-12-10-26(34,11-13-32)20-5-4-6-21(15-20)27(28,29)30/h4-6,15,18-19,22-23,31,34H,7-14,16-17H2,1-3H3/t19?,22-,23?,25+/m1/s1. The van der Waals surface area contributed by atoms with E-state index in [-0.39, 0.29) is 30.2 Å². The lowest BCUT2D eigenvalue weighted by atomic mass is 9.73. The summed E-state index contributed by atoms with van der Waals surface area (Å²) in [5, 5.41) is 15.0. The molecule has 1 aromatic rings. The molecule has 1 aliphatic carbocycles. The van der Waals surface area contributed by atoms with Crippen LogP contribution < -0.4 is 5.32 Å². The van der Waals surface area contributed by atoms with E-state index in [0.717, 1.165) is 51.0 Å². The van der Waals surface area contributed by atoms with E-state index in [1.165, 1.54) is 6.07 Å². The van der Waals surface area contributed by atoms with Crippen LogP contribution in [0.4, 0.5) is 13.2 Å². The van der Waals surface area contributed by atoms with Crippen LogP contribution in [0.5, 0.6) is 0 Å². The minimum absolute atomic E-state index is 0.128. The van der Waals surface area contributed by atoms with Gasteiger partial charge in [-0.2, -0.15) is 13.2 Å². The molecule has 0 spiro atoms. The first-order chi connectivity index (χ1) is 16.4. The average Bonchev–Trinajstić information content (AvgIpc) is 3.25. The average molecular weight is 497 g/mol. The topological polar surface area (TPSA) is 61.8 Å². The van der Waals surface area contributed by atoms with Crippen molar-refractivity contribution in [1.82, 2.24) is 10.2 Å². The van der Waals surface area contributed by atoms with Crippen molar-refractivity contribution < 1.29 is 27.8 Å². The Balaban J connectivity index is 1.42. The molecular weight excluding hydrogens is 457 g/mol. The summed E-state index contributed by atoms with van der Waals surface area (Å²) in [6.45, 7) is 8.64. The summed E-state index contributed by atoms with van der Waals surface area (Å²) >= 11 is 0. The van der Waals surface area contributed by atoms with Crippen LogP contribution >= 0.6 is 0 Å². The number of nitrogens with one attached hydrogen (secondary N) is 1. The van der Waals surface area contributed by atoms with Gasteiger partial charge in [-0.3, -0.25) is 4.79 Å². The molecule has 3 aliphatic rings. The highest BCUT2D eigenvalue weighted by atomic mass is 19.4. The van der Waals surface area contributed by atoms with Gasteiger partial charge in [-0.05, 0) is 68.1 Å². The Bertz CT molecular complexity index is 898. The Morgan fingerprint density at radius 2 is 1.91 bits per heavy atom. The third-order valence-electron chi connectivity index (χ3n) is 8.78. The first-order valence-electron chi connectivity index (χ1n) is 13.0. The highest BCUT2D eigenvalue weighted by Crippen LogP contribution is 2.47. The molecule has 196 valence electrons.